The van der Waals surface area contributed by atoms with Crippen molar-refractivity contribution in [2.45, 2.75) is 34.1 Å². The summed E-state index contributed by atoms with van der Waals surface area (Å²) in [6.07, 6.45) is 0.832. The van der Waals surface area contributed by atoms with E-state index in [1.165, 1.54) is 11.8 Å². The third-order valence-corrected chi connectivity index (χ3v) is 6.86. The van der Waals surface area contributed by atoms with Crippen LogP contribution in [0.4, 0.5) is 11.4 Å². The van der Waals surface area contributed by atoms with Crippen molar-refractivity contribution < 1.29 is 8.42 Å². The fourth-order valence-electron chi connectivity index (χ4n) is 3.15. The predicted octanol–water partition coefficient (Wildman–Crippen LogP) is 5.00. The van der Waals surface area contributed by atoms with E-state index in [0.717, 1.165) is 27.5 Å². The maximum absolute atomic E-state index is 12.9. The van der Waals surface area contributed by atoms with Gasteiger partial charge in [-0.3, -0.25) is 4.72 Å². The van der Waals surface area contributed by atoms with Crippen molar-refractivity contribution in [3.05, 3.63) is 78.4 Å². The van der Waals surface area contributed by atoms with Crippen LogP contribution in [-0.4, -0.2) is 14.5 Å². The summed E-state index contributed by atoms with van der Waals surface area (Å²) in [6, 6.07) is 22.9. The minimum absolute atomic E-state index is 0.289. The molecule has 1 atom stereocenters. The Labute approximate surface area is 164 Å². The van der Waals surface area contributed by atoms with Gasteiger partial charge >= 0.3 is 0 Å². The molecular formula is C21H20N2O2S2. The van der Waals surface area contributed by atoms with Gasteiger partial charge in [0.2, 0.25) is 0 Å². The van der Waals surface area contributed by atoms with E-state index in [1.807, 2.05) is 54.6 Å². The highest BCUT2D eigenvalue weighted by Gasteiger charge is 2.22. The van der Waals surface area contributed by atoms with Crippen molar-refractivity contribution in [1.82, 2.24) is 0 Å². The van der Waals surface area contributed by atoms with Gasteiger partial charge < -0.3 is 5.32 Å². The lowest BCUT2D eigenvalue weighted by molar-refractivity contribution is 0.601. The molecule has 0 aromatic heterocycles. The number of benzene rings is 3. The van der Waals surface area contributed by atoms with Crippen molar-refractivity contribution in [1.29, 1.82) is 0 Å². The van der Waals surface area contributed by atoms with Crippen molar-refractivity contribution in [2.75, 3.05) is 10.0 Å². The summed E-state index contributed by atoms with van der Waals surface area (Å²) in [5, 5.41) is 3.34. The highest BCUT2D eigenvalue weighted by molar-refractivity contribution is 7.99. The first-order chi connectivity index (χ1) is 13.0. The number of fused-ring (bicyclic) bond motifs is 1. The van der Waals surface area contributed by atoms with Gasteiger partial charge in [0.1, 0.15) is 0 Å². The molecule has 0 spiro atoms. The molecule has 0 aliphatic carbocycles. The summed E-state index contributed by atoms with van der Waals surface area (Å²) >= 11 is 1.53. The number of hydrogen-bond donors (Lipinski definition) is 2. The monoisotopic (exact) mass is 396 g/mol. The molecule has 1 aliphatic heterocycles. The smallest absolute Gasteiger partial charge is 0.261 e. The van der Waals surface area contributed by atoms with Crippen molar-refractivity contribution in [2.24, 2.45) is 0 Å². The zero-order valence-corrected chi connectivity index (χ0v) is 16.5. The van der Waals surface area contributed by atoms with Gasteiger partial charge in [-0.15, -0.1) is 0 Å². The summed E-state index contributed by atoms with van der Waals surface area (Å²) in [5.41, 5.74) is 2.64. The van der Waals surface area contributed by atoms with Crippen LogP contribution >= 0.6 is 11.8 Å². The Bertz CT molecular complexity index is 1070. The van der Waals surface area contributed by atoms with E-state index in [4.69, 9.17) is 0 Å². The van der Waals surface area contributed by atoms with Crippen LogP contribution in [0.3, 0.4) is 0 Å². The van der Waals surface area contributed by atoms with Crippen molar-refractivity contribution in [3.8, 4) is 0 Å². The fourth-order valence-corrected chi connectivity index (χ4v) is 5.27. The summed E-state index contributed by atoms with van der Waals surface area (Å²) in [6.45, 7) is 2.09. The largest absolute Gasteiger partial charge is 0.382 e. The molecule has 27 heavy (non-hydrogen) atoms. The maximum atomic E-state index is 12.9. The normalized spacial score (nSPS) is 15.8. The van der Waals surface area contributed by atoms with Gasteiger partial charge in [0, 0.05) is 21.5 Å². The molecule has 3 aromatic rings. The number of hydrogen-bond acceptors (Lipinski definition) is 4. The minimum Gasteiger partial charge on any atom is -0.382 e. The van der Waals surface area contributed by atoms with E-state index in [2.05, 4.69) is 17.0 Å². The topological polar surface area (TPSA) is 58.2 Å². The molecule has 0 bridgehead atoms. The standard InChI is InChI=1S/C21H20N2O2S2/c1-15-13-16-14-18(11-12-19(16)22-15)27(24,25)23-20-9-5-6-10-21(20)26-17-7-3-2-4-8-17/h2-12,14-15,22-23H,13H2,1H3/t15-/m0/s1. The molecule has 2 N–H and O–H groups in total. The SMILES string of the molecule is C[C@H]1Cc2cc(S(=O)(=O)Nc3ccccc3Sc3ccccc3)ccc2N1. The van der Waals surface area contributed by atoms with Crippen LogP contribution in [0.15, 0.2) is 87.5 Å². The average Bonchev–Trinajstić information content (AvgIpc) is 3.03. The molecule has 0 saturated heterocycles. The second-order valence-electron chi connectivity index (χ2n) is 6.59. The molecule has 0 fully saturated rings. The Morgan fingerprint density at radius 1 is 1.00 bits per heavy atom. The number of para-hydroxylation sites is 1. The van der Waals surface area contributed by atoms with Gasteiger partial charge in [0.05, 0.1) is 10.6 Å². The second kappa shape index (κ2) is 7.29. The highest BCUT2D eigenvalue weighted by Crippen LogP contribution is 2.35. The van der Waals surface area contributed by atoms with Crippen LogP contribution in [0.2, 0.25) is 0 Å². The van der Waals surface area contributed by atoms with Crippen LogP contribution in [0.5, 0.6) is 0 Å². The van der Waals surface area contributed by atoms with E-state index < -0.39 is 10.0 Å². The number of rotatable bonds is 5. The maximum Gasteiger partial charge on any atom is 0.261 e. The molecule has 138 valence electrons. The molecule has 6 heteroatoms. The summed E-state index contributed by atoms with van der Waals surface area (Å²) < 4.78 is 28.7. The van der Waals surface area contributed by atoms with Crippen molar-refractivity contribution in [3.63, 3.8) is 0 Å². The van der Waals surface area contributed by atoms with Gasteiger partial charge in [0.15, 0.2) is 0 Å². The first-order valence-electron chi connectivity index (χ1n) is 8.75. The van der Waals surface area contributed by atoms with Gasteiger partial charge in [-0.25, -0.2) is 8.42 Å². The van der Waals surface area contributed by atoms with E-state index >= 15 is 0 Å². The van der Waals surface area contributed by atoms with Gasteiger partial charge in [-0.1, -0.05) is 42.1 Å². The molecule has 0 unspecified atom stereocenters. The Balaban J connectivity index is 1.61. The zero-order valence-electron chi connectivity index (χ0n) is 14.8. The van der Waals surface area contributed by atoms with Gasteiger partial charge in [-0.2, -0.15) is 0 Å². The van der Waals surface area contributed by atoms with Crippen molar-refractivity contribution >= 4 is 33.2 Å². The van der Waals surface area contributed by atoms with Crippen LogP contribution in [-0.2, 0) is 16.4 Å². The number of sulfonamides is 1. The lowest BCUT2D eigenvalue weighted by Crippen LogP contribution is -2.13. The van der Waals surface area contributed by atoms with Crippen LogP contribution in [0.25, 0.3) is 0 Å². The van der Waals surface area contributed by atoms with E-state index in [0.29, 0.717) is 11.7 Å². The van der Waals surface area contributed by atoms with Gasteiger partial charge in [-0.05, 0) is 61.4 Å². The zero-order chi connectivity index (χ0) is 18.9. The molecule has 3 aromatic carbocycles. The molecule has 0 amide bonds. The molecular weight excluding hydrogens is 376 g/mol. The Hall–Kier alpha value is -2.44. The minimum atomic E-state index is -3.66. The first-order valence-corrected chi connectivity index (χ1v) is 11.1. The quantitative estimate of drug-likeness (QED) is 0.637. The predicted molar refractivity (Wildman–Crippen MR) is 111 cm³/mol. The lowest BCUT2D eigenvalue weighted by atomic mass is 10.1. The molecule has 0 saturated carbocycles. The summed E-state index contributed by atoms with van der Waals surface area (Å²) in [5.74, 6) is 0. The van der Waals surface area contributed by atoms with Crippen LogP contribution in [0.1, 0.15) is 12.5 Å². The van der Waals surface area contributed by atoms with Gasteiger partial charge in [0.25, 0.3) is 10.0 Å². The van der Waals surface area contributed by atoms with E-state index in [-0.39, 0.29) is 4.90 Å². The van der Waals surface area contributed by atoms with Crippen LogP contribution < -0.4 is 10.0 Å². The molecule has 1 aliphatic rings. The third-order valence-electron chi connectivity index (χ3n) is 4.42. The highest BCUT2D eigenvalue weighted by atomic mass is 32.2. The van der Waals surface area contributed by atoms with Crippen LogP contribution in [0, 0.1) is 0 Å². The molecule has 0 radical (unpaired) electrons. The second-order valence-corrected chi connectivity index (χ2v) is 9.38. The Morgan fingerprint density at radius 3 is 2.56 bits per heavy atom. The number of anilines is 2. The van der Waals surface area contributed by atoms with E-state index in [1.54, 1.807) is 18.2 Å². The number of nitrogens with one attached hydrogen (secondary N) is 2. The first kappa shape index (κ1) is 17.9. The third kappa shape index (κ3) is 3.96. The Kier molecular flexibility index (Phi) is 4.85. The molecule has 4 nitrogen and oxygen atoms in total. The fraction of sp³-hybridized carbons (Fsp3) is 0.143. The molecule has 4 rings (SSSR count). The summed E-state index contributed by atoms with van der Waals surface area (Å²) in [4.78, 5) is 2.21. The molecule has 1 heterocycles. The average molecular weight is 397 g/mol. The Morgan fingerprint density at radius 2 is 1.74 bits per heavy atom. The van der Waals surface area contributed by atoms with E-state index in [9.17, 15) is 8.42 Å². The lowest BCUT2D eigenvalue weighted by Gasteiger charge is -2.13. The summed E-state index contributed by atoms with van der Waals surface area (Å²) in [7, 11) is -3.66.